The van der Waals surface area contributed by atoms with E-state index in [1.165, 1.54) is 6.07 Å². The topological polar surface area (TPSA) is 72.3 Å². The Balaban J connectivity index is 2.86. The van der Waals surface area contributed by atoms with Crippen LogP contribution in [0.5, 0.6) is 5.75 Å². The van der Waals surface area contributed by atoms with Crippen LogP contribution in [0.15, 0.2) is 18.2 Å². The molecule has 0 aliphatic rings. The van der Waals surface area contributed by atoms with Gasteiger partial charge in [-0.1, -0.05) is 6.07 Å². The van der Waals surface area contributed by atoms with Gasteiger partial charge < -0.3 is 16.6 Å². The maximum atomic E-state index is 9.06. The fourth-order valence-electron chi connectivity index (χ4n) is 1.12. The minimum absolute atomic E-state index is 0.0943. The average molecular weight is 166 g/mol. The summed E-state index contributed by atoms with van der Waals surface area (Å²) in [5, 5.41) is 9.06. The third-order valence-electron chi connectivity index (χ3n) is 1.67. The third kappa shape index (κ3) is 2.13. The van der Waals surface area contributed by atoms with Crippen molar-refractivity contribution in [3.05, 3.63) is 23.8 Å². The molecule has 0 bridgehead atoms. The number of hydrogen-bond donors (Lipinski definition) is 3. The molecule has 0 aliphatic carbocycles. The first kappa shape index (κ1) is 8.87. The maximum Gasteiger partial charge on any atom is 0.117 e. The Labute approximate surface area is 72.0 Å². The van der Waals surface area contributed by atoms with Crippen LogP contribution in [-0.4, -0.2) is 11.1 Å². The summed E-state index contributed by atoms with van der Waals surface area (Å²) in [5.41, 5.74) is 12.9. The van der Waals surface area contributed by atoms with E-state index < -0.39 is 0 Å². The fraction of sp³-hybridized carbons (Fsp3) is 0.333. The van der Waals surface area contributed by atoms with E-state index in [9.17, 15) is 0 Å². The van der Waals surface area contributed by atoms with Crippen LogP contribution < -0.4 is 11.5 Å². The Bertz CT molecular complexity index is 271. The van der Waals surface area contributed by atoms with Crippen molar-refractivity contribution >= 4 is 5.69 Å². The second-order valence-electron chi connectivity index (χ2n) is 3.06. The maximum absolute atomic E-state index is 9.06. The number of benzene rings is 1. The molecule has 1 rings (SSSR count). The van der Waals surface area contributed by atoms with Gasteiger partial charge in [0.25, 0.3) is 0 Å². The largest absolute Gasteiger partial charge is 0.508 e. The molecule has 1 aromatic carbocycles. The summed E-state index contributed by atoms with van der Waals surface area (Å²) < 4.78 is 0. The van der Waals surface area contributed by atoms with Crippen LogP contribution in [0.2, 0.25) is 0 Å². The predicted molar refractivity (Wildman–Crippen MR) is 49.9 cm³/mol. The van der Waals surface area contributed by atoms with E-state index in [0.717, 1.165) is 12.0 Å². The second-order valence-corrected chi connectivity index (χ2v) is 3.06. The molecule has 0 fully saturated rings. The van der Waals surface area contributed by atoms with Crippen LogP contribution in [0, 0.1) is 0 Å². The third-order valence-corrected chi connectivity index (χ3v) is 1.67. The molecule has 0 heterocycles. The van der Waals surface area contributed by atoms with Gasteiger partial charge in [0.15, 0.2) is 0 Å². The van der Waals surface area contributed by atoms with E-state index in [-0.39, 0.29) is 11.8 Å². The molecule has 0 aliphatic heterocycles. The molecule has 3 nitrogen and oxygen atoms in total. The van der Waals surface area contributed by atoms with Crippen LogP contribution in [0.25, 0.3) is 0 Å². The lowest BCUT2D eigenvalue weighted by Crippen LogP contribution is -2.18. The molecule has 0 radical (unpaired) electrons. The summed E-state index contributed by atoms with van der Waals surface area (Å²) in [5.74, 6) is 0.195. The molecule has 5 N–H and O–H groups in total. The van der Waals surface area contributed by atoms with Crippen molar-refractivity contribution in [1.29, 1.82) is 0 Å². The zero-order chi connectivity index (χ0) is 9.14. The van der Waals surface area contributed by atoms with Gasteiger partial charge in [0, 0.05) is 17.8 Å². The monoisotopic (exact) mass is 166 g/mol. The summed E-state index contributed by atoms with van der Waals surface area (Å²) in [6, 6.07) is 5.05. The first-order valence-electron chi connectivity index (χ1n) is 3.92. The number of hydrogen-bond acceptors (Lipinski definition) is 3. The minimum atomic E-state index is 0.0943. The molecule has 66 valence electrons. The molecular formula is C9H14N2O. The molecule has 0 amide bonds. The zero-order valence-electron chi connectivity index (χ0n) is 7.12. The Hall–Kier alpha value is -1.22. The number of nitrogens with two attached hydrogens (primary N) is 2. The van der Waals surface area contributed by atoms with Crippen LogP contribution in [0.3, 0.4) is 0 Å². The van der Waals surface area contributed by atoms with Crippen molar-refractivity contribution in [3.8, 4) is 5.75 Å². The van der Waals surface area contributed by atoms with E-state index in [4.69, 9.17) is 16.6 Å². The summed E-state index contributed by atoms with van der Waals surface area (Å²) in [6.07, 6.45) is 0.742. The Morgan fingerprint density at radius 2 is 2.17 bits per heavy atom. The predicted octanol–water partition coefficient (Wildman–Crippen LogP) is 0.864. The van der Waals surface area contributed by atoms with Gasteiger partial charge in [-0.25, -0.2) is 0 Å². The summed E-state index contributed by atoms with van der Waals surface area (Å²) in [4.78, 5) is 0. The normalized spacial score (nSPS) is 12.8. The summed E-state index contributed by atoms with van der Waals surface area (Å²) in [7, 11) is 0. The van der Waals surface area contributed by atoms with Crippen molar-refractivity contribution in [2.24, 2.45) is 5.73 Å². The molecule has 0 saturated heterocycles. The number of phenols is 1. The number of phenolic OH excluding ortho intramolecular Hbond substituents is 1. The first-order valence-corrected chi connectivity index (χ1v) is 3.92. The highest BCUT2D eigenvalue weighted by Gasteiger charge is 2.02. The quantitative estimate of drug-likeness (QED) is 0.571. The Morgan fingerprint density at radius 1 is 1.50 bits per heavy atom. The molecule has 1 atom stereocenters. The highest BCUT2D eigenvalue weighted by Crippen LogP contribution is 2.19. The van der Waals surface area contributed by atoms with Gasteiger partial charge in [-0.05, 0) is 25.0 Å². The second kappa shape index (κ2) is 3.45. The van der Waals surface area contributed by atoms with Crippen LogP contribution in [0.1, 0.15) is 12.5 Å². The van der Waals surface area contributed by atoms with Gasteiger partial charge in [-0.2, -0.15) is 0 Å². The smallest absolute Gasteiger partial charge is 0.117 e. The van der Waals surface area contributed by atoms with E-state index >= 15 is 0 Å². The van der Waals surface area contributed by atoms with Crippen molar-refractivity contribution in [1.82, 2.24) is 0 Å². The molecule has 0 aromatic heterocycles. The molecule has 0 saturated carbocycles. The lowest BCUT2D eigenvalue weighted by molar-refractivity contribution is 0.475. The van der Waals surface area contributed by atoms with Gasteiger partial charge >= 0.3 is 0 Å². The lowest BCUT2D eigenvalue weighted by Gasteiger charge is -2.08. The highest BCUT2D eigenvalue weighted by molar-refractivity contribution is 5.51. The molecular weight excluding hydrogens is 152 g/mol. The minimum Gasteiger partial charge on any atom is -0.508 e. The zero-order valence-corrected chi connectivity index (χ0v) is 7.12. The standard InChI is InChI=1S/C9H14N2O/c1-6(10)4-7-2-3-8(12)5-9(7)11/h2-3,5-6,12H,4,10-11H2,1H3. The van der Waals surface area contributed by atoms with Crippen molar-refractivity contribution in [2.75, 3.05) is 5.73 Å². The van der Waals surface area contributed by atoms with E-state index in [0.29, 0.717) is 5.69 Å². The fourth-order valence-corrected chi connectivity index (χ4v) is 1.12. The molecule has 0 spiro atoms. The van der Waals surface area contributed by atoms with Crippen molar-refractivity contribution in [2.45, 2.75) is 19.4 Å². The Morgan fingerprint density at radius 3 is 2.67 bits per heavy atom. The van der Waals surface area contributed by atoms with Gasteiger partial charge in [0.05, 0.1) is 0 Å². The van der Waals surface area contributed by atoms with Crippen LogP contribution in [0.4, 0.5) is 5.69 Å². The molecule has 1 unspecified atom stereocenters. The van der Waals surface area contributed by atoms with E-state index in [1.54, 1.807) is 12.1 Å². The van der Waals surface area contributed by atoms with Gasteiger partial charge in [0.2, 0.25) is 0 Å². The van der Waals surface area contributed by atoms with Crippen LogP contribution >= 0.6 is 0 Å². The first-order chi connectivity index (χ1) is 5.59. The molecule has 12 heavy (non-hydrogen) atoms. The number of nitrogen functional groups attached to an aromatic ring is 1. The number of rotatable bonds is 2. The highest BCUT2D eigenvalue weighted by atomic mass is 16.3. The Kier molecular flexibility index (Phi) is 2.55. The van der Waals surface area contributed by atoms with Crippen molar-refractivity contribution in [3.63, 3.8) is 0 Å². The lowest BCUT2D eigenvalue weighted by atomic mass is 10.1. The van der Waals surface area contributed by atoms with Crippen LogP contribution in [-0.2, 0) is 6.42 Å². The van der Waals surface area contributed by atoms with Crippen molar-refractivity contribution < 1.29 is 5.11 Å². The van der Waals surface area contributed by atoms with Gasteiger partial charge in [0.1, 0.15) is 5.75 Å². The SMILES string of the molecule is CC(N)Cc1ccc(O)cc1N. The summed E-state index contributed by atoms with van der Waals surface area (Å²) in [6.45, 7) is 1.92. The number of anilines is 1. The van der Waals surface area contributed by atoms with E-state index in [2.05, 4.69) is 0 Å². The van der Waals surface area contributed by atoms with Gasteiger partial charge in [-0.3, -0.25) is 0 Å². The molecule has 3 heteroatoms. The number of aromatic hydroxyl groups is 1. The van der Waals surface area contributed by atoms with E-state index in [1.807, 2.05) is 6.92 Å². The average Bonchev–Trinajstić information content (AvgIpc) is 1.94. The molecule has 1 aromatic rings. The summed E-state index contributed by atoms with van der Waals surface area (Å²) >= 11 is 0. The van der Waals surface area contributed by atoms with Gasteiger partial charge in [-0.15, -0.1) is 0 Å².